The first-order valence-corrected chi connectivity index (χ1v) is 6.61. The van der Waals surface area contributed by atoms with Gasteiger partial charge in [-0.15, -0.1) is 0 Å². The van der Waals surface area contributed by atoms with E-state index in [2.05, 4.69) is 21.6 Å². The Kier molecular flexibility index (Phi) is 5.07. The third kappa shape index (κ3) is 3.81. The molecule has 0 fully saturated rings. The highest BCUT2D eigenvalue weighted by atomic mass is 16.5. The summed E-state index contributed by atoms with van der Waals surface area (Å²) in [5.74, 6) is 0.545. The molecule has 1 aromatic carbocycles. The number of hydrazone groups is 1. The van der Waals surface area contributed by atoms with Crippen molar-refractivity contribution in [3.8, 4) is 11.8 Å². The van der Waals surface area contributed by atoms with E-state index >= 15 is 0 Å². The maximum Gasteiger partial charge on any atom is 0.164 e. The molecule has 112 valence electrons. The summed E-state index contributed by atoms with van der Waals surface area (Å²) >= 11 is 0. The summed E-state index contributed by atoms with van der Waals surface area (Å²) in [5, 5.41) is 22.8. The van der Waals surface area contributed by atoms with Crippen LogP contribution in [0.2, 0.25) is 0 Å². The lowest BCUT2D eigenvalue weighted by Gasteiger charge is -2.09. The van der Waals surface area contributed by atoms with E-state index in [9.17, 15) is 10.4 Å². The van der Waals surface area contributed by atoms with E-state index in [0.29, 0.717) is 18.0 Å². The fraction of sp³-hybridized carbons (Fsp3) is 0.188. The average Bonchev–Trinajstić information content (AvgIpc) is 2.47. The Morgan fingerprint density at radius 3 is 2.95 bits per heavy atom. The van der Waals surface area contributed by atoms with Crippen molar-refractivity contribution in [2.45, 2.75) is 13.5 Å². The van der Waals surface area contributed by atoms with Gasteiger partial charge in [-0.05, 0) is 30.7 Å². The number of nitriles is 1. The van der Waals surface area contributed by atoms with Crippen molar-refractivity contribution in [2.24, 2.45) is 5.10 Å². The van der Waals surface area contributed by atoms with Crippen LogP contribution in [0.15, 0.2) is 35.4 Å². The fourth-order valence-corrected chi connectivity index (χ4v) is 1.99. The first-order chi connectivity index (χ1) is 10.6. The van der Waals surface area contributed by atoms with Gasteiger partial charge in [-0.2, -0.15) is 10.4 Å². The van der Waals surface area contributed by atoms with Crippen molar-refractivity contribution in [1.29, 1.82) is 5.26 Å². The SMILES string of the molecule is COCc1cc(C)nc(N/N=C/c2cccc(O)c2)c1C#N. The Balaban J connectivity index is 2.24. The molecule has 6 heteroatoms. The number of hydrogen-bond donors (Lipinski definition) is 2. The first-order valence-electron chi connectivity index (χ1n) is 6.61. The lowest BCUT2D eigenvalue weighted by Crippen LogP contribution is -2.03. The molecule has 22 heavy (non-hydrogen) atoms. The number of hydrogen-bond acceptors (Lipinski definition) is 6. The molecule has 1 aromatic heterocycles. The summed E-state index contributed by atoms with van der Waals surface area (Å²) in [6.07, 6.45) is 1.54. The molecule has 2 aromatic rings. The summed E-state index contributed by atoms with van der Waals surface area (Å²) in [4.78, 5) is 4.28. The van der Waals surface area contributed by atoms with Crippen LogP contribution in [0.4, 0.5) is 5.82 Å². The molecule has 2 rings (SSSR count). The molecule has 2 N–H and O–H groups in total. The maximum absolute atomic E-state index is 9.39. The molecule has 0 bridgehead atoms. The van der Waals surface area contributed by atoms with E-state index in [1.165, 1.54) is 0 Å². The van der Waals surface area contributed by atoms with Crippen LogP contribution in [0, 0.1) is 18.3 Å². The monoisotopic (exact) mass is 296 g/mol. The van der Waals surface area contributed by atoms with E-state index in [1.807, 2.05) is 13.0 Å². The van der Waals surface area contributed by atoms with E-state index < -0.39 is 0 Å². The molecule has 0 saturated heterocycles. The molecular formula is C16H16N4O2. The van der Waals surface area contributed by atoms with Gasteiger partial charge in [-0.3, -0.25) is 5.43 Å². The number of rotatable bonds is 5. The van der Waals surface area contributed by atoms with Crippen LogP contribution in [0.1, 0.15) is 22.4 Å². The Labute approximate surface area is 128 Å². The summed E-state index contributed by atoms with van der Waals surface area (Å²) < 4.78 is 5.09. The number of aromatic nitrogens is 1. The second-order valence-corrected chi connectivity index (χ2v) is 4.66. The molecular weight excluding hydrogens is 280 g/mol. The largest absolute Gasteiger partial charge is 0.508 e. The normalized spacial score (nSPS) is 10.6. The van der Waals surface area contributed by atoms with E-state index in [-0.39, 0.29) is 5.75 Å². The summed E-state index contributed by atoms with van der Waals surface area (Å²) in [6, 6.07) is 10.6. The topological polar surface area (TPSA) is 90.5 Å². The highest BCUT2D eigenvalue weighted by Gasteiger charge is 2.10. The van der Waals surface area contributed by atoms with Gasteiger partial charge in [0.2, 0.25) is 0 Å². The number of phenolic OH excluding ortho intramolecular Hbond substituents is 1. The third-order valence-corrected chi connectivity index (χ3v) is 2.90. The lowest BCUT2D eigenvalue weighted by atomic mass is 10.1. The molecule has 0 saturated carbocycles. The molecule has 0 atom stereocenters. The average molecular weight is 296 g/mol. The van der Waals surface area contributed by atoms with Gasteiger partial charge in [0.15, 0.2) is 5.82 Å². The molecule has 0 radical (unpaired) electrons. The second-order valence-electron chi connectivity index (χ2n) is 4.66. The number of nitrogens with one attached hydrogen (secondary N) is 1. The number of pyridine rings is 1. The number of ether oxygens (including phenoxy) is 1. The molecule has 0 aliphatic carbocycles. The number of methoxy groups -OCH3 is 1. The second kappa shape index (κ2) is 7.20. The van der Waals surface area contributed by atoms with Crippen LogP contribution in [0.25, 0.3) is 0 Å². The summed E-state index contributed by atoms with van der Waals surface area (Å²) in [6.45, 7) is 2.17. The quantitative estimate of drug-likeness (QED) is 0.653. The number of aromatic hydroxyl groups is 1. The zero-order valence-electron chi connectivity index (χ0n) is 12.4. The van der Waals surface area contributed by atoms with Gasteiger partial charge in [0.1, 0.15) is 17.4 Å². The van der Waals surface area contributed by atoms with Gasteiger partial charge in [0.05, 0.1) is 12.8 Å². The smallest absolute Gasteiger partial charge is 0.164 e. The Hall–Kier alpha value is -2.91. The highest BCUT2D eigenvalue weighted by Crippen LogP contribution is 2.19. The van der Waals surface area contributed by atoms with Gasteiger partial charge < -0.3 is 9.84 Å². The highest BCUT2D eigenvalue weighted by molar-refractivity contribution is 5.80. The fourth-order valence-electron chi connectivity index (χ4n) is 1.99. The van der Waals surface area contributed by atoms with E-state index in [0.717, 1.165) is 16.8 Å². The zero-order chi connectivity index (χ0) is 15.9. The van der Waals surface area contributed by atoms with Gasteiger partial charge >= 0.3 is 0 Å². The van der Waals surface area contributed by atoms with Crippen molar-refractivity contribution in [3.05, 3.63) is 52.7 Å². The van der Waals surface area contributed by atoms with Crippen molar-refractivity contribution < 1.29 is 9.84 Å². The maximum atomic E-state index is 9.39. The Morgan fingerprint density at radius 1 is 1.45 bits per heavy atom. The van der Waals surface area contributed by atoms with Crippen molar-refractivity contribution in [2.75, 3.05) is 12.5 Å². The van der Waals surface area contributed by atoms with Crippen LogP contribution in [-0.4, -0.2) is 23.4 Å². The van der Waals surface area contributed by atoms with Crippen molar-refractivity contribution in [3.63, 3.8) is 0 Å². The standard InChI is InChI=1S/C16H16N4O2/c1-11-6-13(10-22-2)15(8-17)16(19-11)20-18-9-12-4-3-5-14(21)7-12/h3-7,9,21H,10H2,1-2H3,(H,19,20)/b18-9+. The third-order valence-electron chi connectivity index (χ3n) is 2.90. The predicted octanol–water partition coefficient (Wildman–Crippen LogP) is 2.56. The first kappa shape index (κ1) is 15.5. The summed E-state index contributed by atoms with van der Waals surface area (Å²) in [7, 11) is 1.57. The molecule has 1 heterocycles. The molecule has 0 spiro atoms. The van der Waals surface area contributed by atoms with Crippen molar-refractivity contribution in [1.82, 2.24) is 4.98 Å². The van der Waals surface area contributed by atoms with Crippen LogP contribution >= 0.6 is 0 Å². The molecule has 0 amide bonds. The Bertz CT molecular complexity index is 735. The lowest BCUT2D eigenvalue weighted by molar-refractivity contribution is 0.184. The molecule has 0 aliphatic rings. The predicted molar refractivity (Wildman–Crippen MR) is 83.7 cm³/mol. The number of benzene rings is 1. The van der Waals surface area contributed by atoms with Crippen LogP contribution in [-0.2, 0) is 11.3 Å². The van der Waals surface area contributed by atoms with Crippen molar-refractivity contribution >= 4 is 12.0 Å². The molecule has 0 unspecified atom stereocenters. The van der Waals surface area contributed by atoms with Gasteiger partial charge in [-0.25, -0.2) is 4.98 Å². The Morgan fingerprint density at radius 2 is 2.27 bits per heavy atom. The van der Waals surface area contributed by atoms with E-state index in [4.69, 9.17) is 4.74 Å². The molecule has 0 aliphatic heterocycles. The van der Waals surface area contributed by atoms with E-state index in [1.54, 1.807) is 37.6 Å². The minimum Gasteiger partial charge on any atom is -0.508 e. The van der Waals surface area contributed by atoms with Crippen LogP contribution in [0.3, 0.4) is 0 Å². The number of phenols is 1. The summed E-state index contributed by atoms with van der Waals surface area (Å²) in [5.41, 5.74) is 5.43. The van der Waals surface area contributed by atoms with Gasteiger partial charge in [-0.1, -0.05) is 12.1 Å². The zero-order valence-corrected chi connectivity index (χ0v) is 12.4. The molecule has 6 nitrogen and oxygen atoms in total. The minimum atomic E-state index is 0.165. The number of aryl methyl sites for hydroxylation is 1. The number of anilines is 1. The number of nitrogens with zero attached hydrogens (tertiary/aromatic N) is 3. The van der Waals surface area contributed by atoms with Gasteiger partial charge in [0.25, 0.3) is 0 Å². The van der Waals surface area contributed by atoms with Gasteiger partial charge in [0, 0.05) is 18.4 Å². The minimum absolute atomic E-state index is 0.165. The van der Waals surface area contributed by atoms with Crippen LogP contribution < -0.4 is 5.43 Å². The van der Waals surface area contributed by atoms with Crippen LogP contribution in [0.5, 0.6) is 5.75 Å².